The van der Waals surface area contributed by atoms with Crippen molar-refractivity contribution in [1.29, 1.82) is 0 Å². The van der Waals surface area contributed by atoms with E-state index in [0.717, 1.165) is 6.42 Å². The highest BCUT2D eigenvalue weighted by Crippen LogP contribution is 2.14. The fraction of sp³-hybridized carbons (Fsp3) is 0.556. The van der Waals surface area contributed by atoms with Gasteiger partial charge < -0.3 is 0 Å². The molecule has 0 nitrogen and oxygen atoms in total. The van der Waals surface area contributed by atoms with E-state index in [0.29, 0.717) is 0 Å². The van der Waals surface area contributed by atoms with Gasteiger partial charge in [0.15, 0.2) is 0 Å². The zero-order valence-electron chi connectivity index (χ0n) is 6.44. The van der Waals surface area contributed by atoms with Crippen LogP contribution in [0.2, 0.25) is 0 Å². The highest BCUT2D eigenvalue weighted by Gasteiger charge is 2.06. The summed E-state index contributed by atoms with van der Waals surface area (Å²) in [7, 11) is 0. The number of hydrogen-bond acceptors (Lipinski definition) is 0. The van der Waals surface area contributed by atoms with Crippen LogP contribution in [0, 0.1) is 17.8 Å². The Hall–Kier alpha value is -0.700. The summed E-state index contributed by atoms with van der Waals surface area (Å²) < 4.78 is 0. The Balaban J connectivity index is 3.90. The van der Waals surface area contributed by atoms with Gasteiger partial charge in [0.25, 0.3) is 0 Å². The van der Waals surface area contributed by atoms with E-state index < -0.39 is 0 Å². The van der Waals surface area contributed by atoms with Crippen LogP contribution in [-0.2, 0) is 0 Å². The van der Waals surface area contributed by atoms with Crippen molar-refractivity contribution in [2.45, 2.75) is 27.2 Å². The number of rotatable bonds is 2. The predicted octanol–water partition coefficient (Wildman–Crippen LogP) is 2.61. The zero-order chi connectivity index (χ0) is 7.33. The Bertz CT molecular complexity index is 133. The van der Waals surface area contributed by atoms with Gasteiger partial charge in [0.05, 0.1) is 0 Å². The van der Waals surface area contributed by atoms with Crippen LogP contribution in [0.3, 0.4) is 0 Å². The summed E-state index contributed by atoms with van der Waals surface area (Å²) in [5, 5.41) is 0. The van der Waals surface area contributed by atoms with Crippen LogP contribution in [0.4, 0.5) is 0 Å². The maximum Gasteiger partial charge on any atom is 0.0434 e. The monoisotopic (exact) mass is 122 g/mol. The fourth-order valence-electron chi connectivity index (χ4n) is 0.461. The second-order valence-electron chi connectivity index (χ2n) is 2.68. The van der Waals surface area contributed by atoms with Crippen LogP contribution < -0.4 is 0 Å². The summed E-state index contributed by atoms with van der Waals surface area (Å²) in [6, 6.07) is 0. The fourth-order valence-corrected chi connectivity index (χ4v) is 0.461. The van der Waals surface area contributed by atoms with Gasteiger partial charge in [0, 0.05) is 5.41 Å². The van der Waals surface area contributed by atoms with Gasteiger partial charge >= 0.3 is 0 Å². The van der Waals surface area contributed by atoms with Crippen LogP contribution in [-0.4, -0.2) is 0 Å². The van der Waals surface area contributed by atoms with Crippen molar-refractivity contribution in [3.8, 4) is 12.3 Å². The molecule has 0 aliphatic rings. The van der Waals surface area contributed by atoms with E-state index in [2.05, 4.69) is 25.0 Å². The molecule has 0 aliphatic heterocycles. The van der Waals surface area contributed by atoms with E-state index in [1.54, 1.807) is 0 Å². The van der Waals surface area contributed by atoms with Crippen LogP contribution in [0.1, 0.15) is 27.2 Å². The lowest BCUT2D eigenvalue weighted by atomic mass is 9.94. The Labute approximate surface area is 58.0 Å². The second kappa shape index (κ2) is 3.35. The van der Waals surface area contributed by atoms with Gasteiger partial charge in [-0.1, -0.05) is 25.0 Å². The molecule has 0 unspecified atom stereocenters. The summed E-state index contributed by atoms with van der Waals surface area (Å²) in [6.07, 6.45) is 10.5. The predicted molar refractivity (Wildman–Crippen MR) is 42.0 cm³/mol. The molecule has 0 amide bonds. The van der Waals surface area contributed by atoms with Crippen molar-refractivity contribution in [2.75, 3.05) is 0 Å². The molecule has 0 spiro atoms. The molecular formula is C9H14. The quantitative estimate of drug-likeness (QED) is 0.390. The molecule has 0 heteroatoms. The average molecular weight is 122 g/mol. The summed E-state index contributed by atoms with van der Waals surface area (Å²) >= 11 is 0. The van der Waals surface area contributed by atoms with E-state index in [9.17, 15) is 0 Å². The first-order chi connectivity index (χ1) is 4.12. The topological polar surface area (TPSA) is 0 Å². The highest BCUT2D eigenvalue weighted by molar-refractivity contribution is 5.12. The summed E-state index contributed by atoms with van der Waals surface area (Å²) in [5.41, 5.74) is -0.0595. The zero-order valence-corrected chi connectivity index (χ0v) is 6.44. The molecule has 0 aromatic carbocycles. The molecule has 9 heavy (non-hydrogen) atoms. The van der Waals surface area contributed by atoms with E-state index in [1.807, 2.05) is 13.8 Å². The summed E-state index contributed by atoms with van der Waals surface area (Å²) in [6.45, 7) is 6.15. The van der Waals surface area contributed by atoms with E-state index in [1.165, 1.54) is 0 Å². The van der Waals surface area contributed by atoms with Crippen molar-refractivity contribution in [3.63, 3.8) is 0 Å². The minimum Gasteiger partial charge on any atom is -0.119 e. The molecule has 0 rings (SSSR count). The number of terminal acetylenes is 1. The molecule has 0 saturated heterocycles. The number of allylic oxidation sites excluding steroid dienone is 2. The second-order valence-corrected chi connectivity index (χ2v) is 2.68. The minimum absolute atomic E-state index is 0.0595. The lowest BCUT2D eigenvalue weighted by Crippen LogP contribution is -2.01. The number of hydrogen-bond donors (Lipinski definition) is 0. The van der Waals surface area contributed by atoms with Crippen molar-refractivity contribution in [1.82, 2.24) is 0 Å². The average Bonchev–Trinajstić information content (AvgIpc) is 1.84. The molecule has 50 valence electrons. The van der Waals surface area contributed by atoms with Crippen LogP contribution in [0.5, 0.6) is 0 Å². The maximum atomic E-state index is 5.25. The SMILES string of the molecule is C#CC(C)(C)/C=C/CC. The van der Waals surface area contributed by atoms with Gasteiger partial charge in [0.2, 0.25) is 0 Å². The first-order valence-electron chi connectivity index (χ1n) is 3.28. The van der Waals surface area contributed by atoms with Crippen LogP contribution in [0.15, 0.2) is 12.2 Å². The van der Waals surface area contributed by atoms with Gasteiger partial charge in [-0.3, -0.25) is 0 Å². The first-order valence-corrected chi connectivity index (χ1v) is 3.28. The van der Waals surface area contributed by atoms with Crippen molar-refractivity contribution in [3.05, 3.63) is 12.2 Å². The standard InChI is InChI=1S/C9H14/c1-5-7-8-9(3,4)6-2/h2,7-8H,5H2,1,3-4H3/b8-7+. The van der Waals surface area contributed by atoms with Gasteiger partial charge in [-0.2, -0.15) is 0 Å². The highest BCUT2D eigenvalue weighted by atomic mass is 14.1. The van der Waals surface area contributed by atoms with Gasteiger partial charge in [-0.05, 0) is 20.3 Å². The van der Waals surface area contributed by atoms with Crippen molar-refractivity contribution >= 4 is 0 Å². The molecule has 0 bridgehead atoms. The molecule has 0 saturated carbocycles. The van der Waals surface area contributed by atoms with E-state index in [4.69, 9.17) is 6.42 Å². The first kappa shape index (κ1) is 8.30. The van der Waals surface area contributed by atoms with Crippen LogP contribution in [0.25, 0.3) is 0 Å². The Kier molecular flexibility index (Phi) is 3.09. The largest absolute Gasteiger partial charge is 0.119 e. The Morgan fingerprint density at radius 1 is 1.56 bits per heavy atom. The summed E-state index contributed by atoms with van der Waals surface area (Å²) in [4.78, 5) is 0. The third kappa shape index (κ3) is 3.85. The molecule has 0 heterocycles. The molecule has 0 aromatic heterocycles. The normalized spacial score (nSPS) is 11.8. The molecule has 0 aliphatic carbocycles. The molecular weight excluding hydrogens is 108 g/mol. The molecule has 0 fully saturated rings. The van der Waals surface area contributed by atoms with E-state index >= 15 is 0 Å². The Morgan fingerprint density at radius 2 is 2.11 bits per heavy atom. The third-order valence-corrected chi connectivity index (χ3v) is 1.14. The smallest absolute Gasteiger partial charge is 0.0434 e. The van der Waals surface area contributed by atoms with Crippen LogP contribution >= 0.6 is 0 Å². The van der Waals surface area contributed by atoms with Crippen molar-refractivity contribution in [2.24, 2.45) is 5.41 Å². The molecule has 0 aromatic rings. The van der Waals surface area contributed by atoms with Gasteiger partial charge in [-0.25, -0.2) is 0 Å². The van der Waals surface area contributed by atoms with Crippen molar-refractivity contribution < 1.29 is 0 Å². The van der Waals surface area contributed by atoms with Gasteiger partial charge in [-0.15, -0.1) is 6.42 Å². The Morgan fingerprint density at radius 3 is 2.44 bits per heavy atom. The lowest BCUT2D eigenvalue weighted by molar-refractivity contribution is 0.653. The van der Waals surface area contributed by atoms with Gasteiger partial charge in [0.1, 0.15) is 0 Å². The lowest BCUT2D eigenvalue weighted by Gasteiger charge is -2.09. The summed E-state index contributed by atoms with van der Waals surface area (Å²) in [5.74, 6) is 2.69. The minimum atomic E-state index is -0.0595. The van der Waals surface area contributed by atoms with E-state index in [-0.39, 0.29) is 5.41 Å². The molecule has 0 radical (unpaired) electrons. The third-order valence-electron chi connectivity index (χ3n) is 1.14. The maximum absolute atomic E-state index is 5.25. The molecule has 0 atom stereocenters. The molecule has 0 N–H and O–H groups in total.